The number of hydrogen-bond donors (Lipinski definition) is 1. The Morgan fingerprint density at radius 3 is 2.94 bits per heavy atom. The lowest BCUT2D eigenvalue weighted by Gasteiger charge is -1.99. The number of benzene rings is 1. The van der Waals surface area contributed by atoms with Crippen LogP contribution >= 0.6 is 0 Å². The molecule has 0 amide bonds. The molecule has 6 heteroatoms. The van der Waals surface area contributed by atoms with Crippen molar-refractivity contribution < 1.29 is 4.21 Å². The average Bonchev–Trinajstić information content (AvgIpc) is 2.82. The lowest BCUT2D eigenvalue weighted by Crippen LogP contribution is -2.00. The molecular weight excluding hydrogens is 248 g/mol. The normalized spacial score (nSPS) is 12.7. The van der Waals surface area contributed by atoms with Crippen molar-refractivity contribution in [3.63, 3.8) is 0 Å². The van der Waals surface area contributed by atoms with E-state index in [0.717, 1.165) is 16.5 Å². The van der Waals surface area contributed by atoms with Gasteiger partial charge < -0.3 is 4.98 Å². The van der Waals surface area contributed by atoms with Crippen molar-refractivity contribution in [2.24, 2.45) is 0 Å². The highest BCUT2D eigenvalue weighted by molar-refractivity contribution is 7.84. The zero-order chi connectivity index (χ0) is 12.5. The number of nitrogens with zero attached hydrogens (tertiary/aromatic N) is 3. The van der Waals surface area contributed by atoms with E-state index in [1.807, 2.05) is 30.5 Å². The summed E-state index contributed by atoms with van der Waals surface area (Å²) in [6.45, 7) is 0. The maximum atomic E-state index is 11.4. The number of aromatic nitrogens is 4. The average molecular weight is 258 g/mol. The van der Waals surface area contributed by atoms with Crippen molar-refractivity contribution in [3.05, 3.63) is 36.7 Å². The zero-order valence-corrected chi connectivity index (χ0v) is 10.4. The van der Waals surface area contributed by atoms with Gasteiger partial charge in [0.05, 0.1) is 22.7 Å². The molecule has 1 atom stereocenters. The minimum atomic E-state index is -1.23. The van der Waals surface area contributed by atoms with Crippen molar-refractivity contribution >= 4 is 21.7 Å². The second kappa shape index (κ2) is 4.30. The van der Waals surface area contributed by atoms with Crippen LogP contribution in [0.5, 0.6) is 0 Å². The molecule has 0 spiro atoms. The quantitative estimate of drug-likeness (QED) is 0.760. The molecule has 5 nitrogen and oxygen atoms in total. The van der Waals surface area contributed by atoms with Gasteiger partial charge in [-0.1, -0.05) is 18.2 Å². The highest BCUT2D eigenvalue weighted by atomic mass is 32.2. The molecule has 0 bridgehead atoms. The van der Waals surface area contributed by atoms with Crippen molar-refractivity contribution in [1.29, 1.82) is 0 Å². The van der Waals surface area contributed by atoms with Crippen LogP contribution in [-0.4, -0.2) is 30.6 Å². The molecule has 0 radical (unpaired) electrons. The number of para-hydroxylation sites is 1. The summed E-state index contributed by atoms with van der Waals surface area (Å²) in [4.78, 5) is 7.44. The Balaban J connectivity index is 2.20. The predicted molar refractivity (Wildman–Crippen MR) is 69.5 cm³/mol. The van der Waals surface area contributed by atoms with Gasteiger partial charge in [-0.05, 0) is 6.07 Å². The first kappa shape index (κ1) is 11.0. The van der Waals surface area contributed by atoms with Crippen LogP contribution in [0, 0.1) is 0 Å². The van der Waals surface area contributed by atoms with Crippen LogP contribution in [0.1, 0.15) is 0 Å². The van der Waals surface area contributed by atoms with Gasteiger partial charge in [0.2, 0.25) is 5.16 Å². The van der Waals surface area contributed by atoms with Gasteiger partial charge in [-0.15, -0.1) is 5.10 Å². The van der Waals surface area contributed by atoms with E-state index in [4.69, 9.17) is 0 Å². The second-order valence-electron chi connectivity index (χ2n) is 3.83. The lowest BCUT2D eigenvalue weighted by molar-refractivity contribution is 0.675. The van der Waals surface area contributed by atoms with Crippen molar-refractivity contribution in [2.45, 2.75) is 5.16 Å². The summed E-state index contributed by atoms with van der Waals surface area (Å²) >= 11 is 0. The molecule has 0 fully saturated rings. The molecule has 3 rings (SSSR count). The maximum absolute atomic E-state index is 11.4. The zero-order valence-electron chi connectivity index (χ0n) is 9.62. The van der Waals surface area contributed by atoms with E-state index >= 15 is 0 Å². The van der Waals surface area contributed by atoms with Crippen LogP contribution in [0.25, 0.3) is 22.2 Å². The fourth-order valence-corrected chi connectivity index (χ4v) is 2.21. The summed E-state index contributed by atoms with van der Waals surface area (Å²) in [6, 6.07) is 7.93. The Morgan fingerprint density at radius 1 is 1.28 bits per heavy atom. The summed E-state index contributed by atoms with van der Waals surface area (Å²) in [7, 11) is -1.23. The molecule has 3 aromatic rings. The smallest absolute Gasteiger partial charge is 0.239 e. The van der Waals surface area contributed by atoms with Crippen LogP contribution in [0.2, 0.25) is 0 Å². The largest absolute Gasteiger partial charge is 0.360 e. The van der Waals surface area contributed by atoms with E-state index in [0.29, 0.717) is 5.69 Å². The third-order valence-corrected chi connectivity index (χ3v) is 3.35. The van der Waals surface area contributed by atoms with E-state index in [1.165, 1.54) is 6.26 Å². The fraction of sp³-hybridized carbons (Fsp3) is 0.0833. The second-order valence-corrected chi connectivity index (χ2v) is 5.10. The van der Waals surface area contributed by atoms with Crippen LogP contribution in [-0.2, 0) is 10.8 Å². The van der Waals surface area contributed by atoms with Gasteiger partial charge in [-0.3, -0.25) is 4.21 Å². The first-order chi connectivity index (χ1) is 8.75. The summed E-state index contributed by atoms with van der Waals surface area (Å²) < 4.78 is 11.4. The monoisotopic (exact) mass is 258 g/mol. The van der Waals surface area contributed by atoms with Gasteiger partial charge in [0.15, 0.2) is 0 Å². The molecule has 18 heavy (non-hydrogen) atoms. The number of H-pyrrole nitrogens is 1. The standard InChI is InChI=1S/C12H10N4OS/c1-18(17)12-15-11(7-14-16-12)9-6-13-10-5-3-2-4-8(9)10/h2-7,13H,1H3. The Bertz CT molecular complexity index is 738. The number of fused-ring (bicyclic) bond motifs is 1. The first-order valence-corrected chi connectivity index (χ1v) is 6.91. The Labute approximate surface area is 106 Å². The fourth-order valence-electron chi connectivity index (χ4n) is 1.82. The van der Waals surface area contributed by atoms with E-state index in [2.05, 4.69) is 20.2 Å². The van der Waals surface area contributed by atoms with Crippen LogP contribution < -0.4 is 0 Å². The van der Waals surface area contributed by atoms with Crippen molar-refractivity contribution in [2.75, 3.05) is 6.26 Å². The minimum Gasteiger partial charge on any atom is -0.360 e. The molecule has 0 aliphatic rings. The van der Waals surface area contributed by atoms with Gasteiger partial charge in [0, 0.05) is 28.9 Å². The number of nitrogens with one attached hydrogen (secondary N) is 1. The van der Waals surface area contributed by atoms with Gasteiger partial charge >= 0.3 is 0 Å². The van der Waals surface area contributed by atoms with Crippen molar-refractivity contribution in [3.8, 4) is 11.3 Å². The van der Waals surface area contributed by atoms with Crippen LogP contribution in [0.3, 0.4) is 0 Å². The highest BCUT2D eigenvalue weighted by Crippen LogP contribution is 2.26. The van der Waals surface area contributed by atoms with Gasteiger partial charge in [0.25, 0.3) is 0 Å². The van der Waals surface area contributed by atoms with E-state index < -0.39 is 10.8 Å². The molecule has 0 aliphatic heterocycles. The third kappa shape index (κ3) is 1.80. The molecule has 90 valence electrons. The van der Waals surface area contributed by atoms with Crippen LogP contribution in [0.4, 0.5) is 0 Å². The molecule has 2 heterocycles. The number of hydrogen-bond acceptors (Lipinski definition) is 4. The number of rotatable bonds is 2. The van der Waals surface area contributed by atoms with Crippen LogP contribution in [0.15, 0.2) is 41.8 Å². The minimum absolute atomic E-state index is 0.248. The lowest BCUT2D eigenvalue weighted by atomic mass is 10.1. The molecule has 1 aromatic carbocycles. The summed E-state index contributed by atoms with van der Waals surface area (Å²) in [6.07, 6.45) is 4.99. The molecule has 0 aliphatic carbocycles. The van der Waals surface area contributed by atoms with E-state index in [-0.39, 0.29) is 5.16 Å². The molecule has 2 aromatic heterocycles. The third-order valence-electron chi connectivity index (χ3n) is 2.66. The van der Waals surface area contributed by atoms with E-state index in [9.17, 15) is 4.21 Å². The Kier molecular flexibility index (Phi) is 2.64. The highest BCUT2D eigenvalue weighted by Gasteiger charge is 2.10. The number of aromatic amines is 1. The Hall–Kier alpha value is -2.08. The molecule has 0 saturated heterocycles. The summed E-state index contributed by atoms with van der Waals surface area (Å²) in [5.41, 5.74) is 2.64. The summed E-state index contributed by atoms with van der Waals surface area (Å²) in [5, 5.41) is 8.92. The molecular formula is C12H10N4OS. The van der Waals surface area contributed by atoms with Gasteiger partial charge in [0.1, 0.15) is 0 Å². The van der Waals surface area contributed by atoms with Gasteiger partial charge in [-0.2, -0.15) is 5.10 Å². The van der Waals surface area contributed by atoms with Crippen molar-refractivity contribution in [1.82, 2.24) is 20.2 Å². The molecule has 0 saturated carbocycles. The molecule has 1 unspecified atom stereocenters. The Morgan fingerprint density at radius 2 is 2.11 bits per heavy atom. The predicted octanol–water partition coefficient (Wildman–Crippen LogP) is 1.76. The first-order valence-electron chi connectivity index (χ1n) is 5.35. The van der Waals surface area contributed by atoms with E-state index in [1.54, 1.807) is 6.20 Å². The summed E-state index contributed by atoms with van der Waals surface area (Å²) in [5.74, 6) is 0. The topological polar surface area (TPSA) is 71.5 Å². The SMILES string of the molecule is CS(=O)c1nncc(-c2c[nH]c3ccccc23)n1. The maximum Gasteiger partial charge on any atom is 0.239 e. The van der Waals surface area contributed by atoms with Gasteiger partial charge in [-0.25, -0.2) is 4.98 Å². The molecule has 1 N–H and O–H groups in total.